The van der Waals surface area contributed by atoms with Gasteiger partial charge in [-0.2, -0.15) is 0 Å². The number of benzene rings is 1. The van der Waals surface area contributed by atoms with Crippen molar-refractivity contribution in [1.82, 2.24) is 5.32 Å². The SMILES string of the molecule is CC(Cc1ccccc1F)C(=O)NC(C)(CN)C1CC1. The molecule has 0 aliphatic heterocycles. The Morgan fingerprint density at radius 2 is 2.15 bits per heavy atom. The van der Waals surface area contributed by atoms with Crippen molar-refractivity contribution in [3.63, 3.8) is 0 Å². The predicted molar refractivity (Wildman–Crippen MR) is 77.6 cm³/mol. The monoisotopic (exact) mass is 278 g/mol. The van der Waals surface area contributed by atoms with Crippen LogP contribution in [-0.2, 0) is 11.2 Å². The van der Waals surface area contributed by atoms with Crippen molar-refractivity contribution < 1.29 is 9.18 Å². The minimum Gasteiger partial charge on any atom is -0.349 e. The van der Waals surface area contributed by atoms with E-state index in [4.69, 9.17) is 5.73 Å². The van der Waals surface area contributed by atoms with Gasteiger partial charge in [-0.1, -0.05) is 25.1 Å². The highest BCUT2D eigenvalue weighted by Gasteiger charge is 2.42. The van der Waals surface area contributed by atoms with Gasteiger partial charge >= 0.3 is 0 Å². The molecule has 2 rings (SSSR count). The smallest absolute Gasteiger partial charge is 0.223 e. The molecule has 1 aromatic carbocycles. The summed E-state index contributed by atoms with van der Waals surface area (Å²) in [6, 6.07) is 6.59. The summed E-state index contributed by atoms with van der Waals surface area (Å²) in [5.74, 6) is -0.0855. The van der Waals surface area contributed by atoms with Crippen molar-refractivity contribution in [2.24, 2.45) is 17.6 Å². The second kappa shape index (κ2) is 5.92. The summed E-state index contributed by atoms with van der Waals surface area (Å²) in [5, 5.41) is 3.06. The molecule has 1 saturated carbocycles. The third-order valence-electron chi connectivity index (χ3n) is 4.24. The molecule has 3 N–H and O–H groups in total. The summed E-state index contributed by atoms with van der Waals surface area (Å²) in [5.41, 5.74) is 6.06. The van der Waals surface area contributed by atoms with Gasteiger partial charge in [-0.15, -0.1) is 0 Å². The first-order valence-corrected chi connectivity index (χ1v) is 7.22. The Kier molecular flexibility index (Phi) is 4.43. The summed E-state index contributed by atoms with van der Waals surface area (Å²) in [6.07, 6.45) is 2.65. The van der Waals surface area contributed by atoms with Crippen LogP contribution in [-0.4, -0.2) is 18.0 Å². The van der Waals surface area contributed by atoms with E-state index in [1.807, 2.05) is 13.8 Å². The maximum atomic E-state index is 13.6. The lowest BCUT2D eigenvalue weighted by molar-refractivity contribution is -0.126. The fraction of sp³-hybridized carbons (Fsp3) is 0.562. The summed E-state index contributed by atoms with van der Waals surface area (Å²) >= 11 is 0. The molecule has 1 aliphatic carbocycles. The van der Waals surface area contributed by atoms with Crippen LogP contribution in [0.25, 0.3) is 0 Å². The molecule has 3 nitrogen and oxygen atoms in total. The summed E-state index contributed by atoms with van der Waals surface area (Å²) < 4.78 is 13.6. The van der Waals surface area contributed by atoms with Crippen molar-refractivity contribution in [2.75, 3.05) is 6.54 Å². The maximum Gasteiger partial charge on any atom is 0.223 e. The molecule has 2 unspecified atom stereocenters. The topological polar surface area (TPSA) is 55.1 Å². The van der Waals surface area contributed by atoms with Gasteiger partial charge in [-0.25, -0.2) is 4.39 Å². The number of hydrogen-bond acceptors (Lipinski definition) is 2. The number of halogens is 1. The molecule has 2 atom stereocenters. The molecule has 0 spiro atoms. The third kappa shape index (κ3) is 3.37. The van der Waals surface area contributed by atoms with E-state index in [0.29, 0.717) is 24.4 Å². The molecular formula is C16H23FN2O. The van der Waals surface area contributed by atoms with Crippen LogP contribution in [0.4, 0.5) is 4.39 Å². The molecule has 0 heterocycles. The Bertz CT molecular complexity index is 487. The van der Waals surface area contributed by atoms with Gasteiger partial charge in [0.05, 0.1) is 5.54 Å². The number of rotatable bonds is 6. The van der Waals surface area contributed by atoms with E-state index in [0.717, 1.165) is 12.8 Å². The number of carbonyl (C=O) groups is 1. The summed E-state index contributed by atoms with van der Waals surface area (Å²) in [6.45, 7) is 4.26. The van der Waals surface area contributed by atoms with Gasteiger partial charge in [0.2, 0.25) is 5.91 Å². The summed E-state index contributed by atoms with van der Waals surface area (Å²) in [4.78, 5) is 12.3. The average molecular weight is 278 g/mol. The molecule has 4 heteroatoms. The standard InChI is InChI=1S/C16H23FN2O/c1-11(9-12-5-3-4-6-14(12)17)15(20)19-16(2,10-18)13-7-8-13/h3-6,11,13H,7-10,18H2,1-2H3,(H,19,20). The van der Waals surface area contributed by atoms with E-state index in [2.05, 4.69) is 5.32 Å². The number of nitrogens with one attached hydrogen (secondary N) is 1. The van der Waals surface area contributed by atoms with E-state index in [1.165, 1.54) is 6.07 Å². The largest absolute Gasteiger partial charge is 0.349 e. The fourth-order valence-electron chi connectivity index (χ4n) is 2.53. The van der Waals surface area contributed by atoms with Gasteiger partial charge in [-0.05, 0) is 43.7 Å². The highest BCUT2D eigenvalue weighted by atomic mass is 19.1. The third-order valence-corrected chi connectivity index (χ3v) is 4.24. The van der Waals surface area contributed by atoms with E-state index in [9.17, 15) is 9.18 Å². The average Bonchev–Trinajstić information content (AvgIpc) is 3.26. The normalized spacial score (nSPS) is 19.2. The predicted octanol–water partition coefficient (Wildman–Crippen LogP) is 2.25. The van der Waals surface area contributed by atoms with Crippen LogP contribution in [0.3, 0.4) is 0 Å². The Morgan fingerprint density at radius 1 is 1.50 bits per heavy atom. The Morgan fingerprint density at radius 3 is 2.70 bits per heavy atom. The first-order valence-electron chi connectivity index (χ1n) is 7.22. The molecule has 1 amide bonds. The van der Waals surface area contributed by atoms with E-state index in [-0.39, 0.29) is 23.2 Å². The van der Waals surface area contributed by atoms with Crippen molar-refractivity contribution >= 4 is 5.91 Å². The fourth-order valence-corrected chi connectivity index (χ4v) is 2.53. The van der Waals surface area contributed by atoms with E-state index < -0.39 is 0 Å². The van der Waals surface area contributed by atoms with Gasteiger partial charge in [0.15, 0.2) is 0 Å². The minimum atomic E-state index is -0.319. The molecule has 0 radical (unpaired) electrons. The lowest BCUT2D eigenvalue weighted by Gasteiger charge is -2.31. The number of amides is 1. The number of nitrogens with two attached hydrogens (primary N) is 1. The maximum absolute atomic E-state index is 13.6. The molecule has 0 saturated heterocycles. The van der Waals surface area contributed by atoms with Crippen LogP contribution in [0, 0.1) is 17.7 Å². The van der Waals surface area contributed by atoms with Crippen LogP contribution in [0.15, 0.2) is 24.3 Å². The molecule has 0 bridgehead atoms. The van der Waals surface area contributed by atoms with E-state index >= 15 is 0 Å². The van der Waals surface area contributed by atoms with Gasteiger partial charge < -0.3 is 11.1 Å². The van der Waals surface area contributed by atoms with Crippen molar-refractivity contribution in [2.45, 2.75) is 38.6 Å². The zero-order valence-corrected chi connectivity index (χ0v) is 12.2. The first-order chi connectivity index (χ1) is 9.46. The molecule has 1 fully saturated rings. The highest BCUT2D eigenvalue weighted by Crippen LogP contribution is 2.39. The zero-order valence-electron chi connectivity index (χ0n) is 12.2. The molecular weight excluding hydrogens is 255 g/mol. The lowest BCUT2D eigenvalue weighted by Crippen LogP contribution is -2.54. The van der Waals surface area contributed by atoms with Gasteiger partial charge in [0.25, 0.3) is 0 Å². The van der Waals surface area contributed by atoms with Crippen LogP contribution >= 0.6 is 0 Å². The number of hydrogen-bond donors (Lipinski definition) is 2. The molecule has 110 valence electrons. The second-order valence-electron chi connectivity index (χ2n) is 6.08. The first kappa shape index (κ1) is 15.0. The molecule has 0 aromatic heterocycles. The highest BCUT2D eigenvalue weighted by molar-refractivity contribution is 5.79. The van der Waals surface area contributed by atoms with Crippen LogP contribution in [0.1, 0.15) is 32.3 Å². The Balaban J connectivity index is 1.97. The quantitative estimate of drug-likeness (QED) is 0.838. The van der Waals surface area contributed by atoms with Crippen LogP contribution < -0.4 is 11.1 Å². The van der Waals surface area contributed by atoms with Crippen molar-refractivity contribution in [1.29, 1.82) is 0 Å². The molecule has 1 aliphatic rings. The Labute approximate surface area is 119 Å². The lowest BCUT2D eigenvalue weighted by atomic mass is 9.93. The van der Waals surface area contributed by atoms with Crippen molar-refractivity contribution in [3.05, 3.63) is 35.6 Å². The van der Waals surface area contributed by atoms with E-state index in [1.54, 1.807) is 18.2 Å². The summed E-state index contributed by atoms with van der Waals surface area (Å²) in [7, 11) is 0. The molecule has 20 heavy (non-hydrogen) atoms. The van der Waals surface area contributed by atoms with Gasteiger partial charge in [0.1, 0.15) is 5.82 Å². The van der Waals surface area contributed by atoms with Crippen LogP contribution in [0.5, 0.6) is 0 Å². The number of carbonyl (C=O) groups excluding carboxylic acids is 1. The van der Waals surface area contributed by atoms with Crippen molar-refractivity contribution in [3.8, 4) is 0 Å². The van der Waals surface area contributed by atoms with Crippen LogP contribution in [0.2, 0.25) is 0 Å². The second-order valence-corrected chi connectivity index (χ2v) is 6.08. The zero-order chi connectivity index (χ0) is 14.8. The Hall–Kier alpha value is -1.42. The minimum absolute atomic E-state index is 0.0481. The van der Waals surface area contributed by atoms with Gasteiger partial charge in [-0.3, -0.25) is 4.79 Å². The molecule has 1 aromatic rings. The van der Waals surface area contributed by atoms with Gasteiger partial charge in [0, 0.05) is 12.5 Å².